The molecule has 0 amide bonds. The Morgan fingerprint density at radius 3 is 2.55 bits per heavy atom. The Labute approximate surface area is 198 Å². The fourth-order valence-corrected chi connectivity index (χ4v) is 4.08. The van der Waals surface area contributed by atoms with Gasteiger partial charge in [-0.25, -0.2) is 0 Å². The van der Waals surface area contributed by atoms with Crippen LogP contribution in [-0.4, -0.2) is 32.6 Å². The summed E-state index contributed by atoms with van der Waals surface area (Å²) in [6.45, 7) is 0.443. The molecule has 0 saturated heterocycles. The van der Waals surface area contributed by atoms with Crippen LogP contribution in [0.3, 0.4) is 0 Å². The summed E-state index contributed by atoms with van der Waals surface area (Å²) in [6.07, 6.45) is 3.22. The average Bonchev–Trinajstić information content (AvgIpc) is 3.44. The van der Waals surface area contributed by atoms with E-state index in [1.165, 1.54) is 0 Å². The molecule has 0 N–H and O–H groups in total. The van der Waals surface area contributed by atoms with Gasteiger partial charge in [0, 0.05) is 34.9 Å². The number of carbonyl (C=O) groups excluding carboxylic acids is 1. The summed E-state index contributed by atoms with van der Waals surface area (Å²) >= 11 is 12.8. The van der Waals surface area contributed by atoms with E-state index in [1.54, 1.807) is 37.7 Å². The summed E-state index contributed by atoms with van der Waals surface area (Å²) in [5.74, 6) is 0.261. The Morgan fingerprint density at radius 1 is 1.06 bits per heavy atom. The second-order valence-corrected chi connectivity index (χ2v) is 8.04. The zero-order valence-corrected chi connectivity index (χ0v) is 18.8. The number of methoxy groups -OCH3 is 1. The smallest absolute Gasteiger partial charge is 0.299 e. The maximum atomic E-state index is 13.5. The first-order chi connectivity index (χ1) is 16.0. The van der Waals surface area contributed by atoms with Gasteiger partial charge in [-0.2, -0.15) is 4.98 Å². The highest BCUT2D eigenvalue weighted by atomic mass is 35.5. The van der Waals surface area contributed by atoms with Crippen molar-refractivity contribution in [2.24, 2.45) is 0 Å². The van der Waals surface area contributed by atoms with Crippen LogP contribution in [0.15, 0.2) is 71.5 Å². The molecule has 0 atom stereocenters. The van der Waals surface area contributed by atoms with E-state index in [0.717, 1.165) is 11.1 Å². The Bertz CT molecular complexity index is 1460. The average molecular weight is 479 g/mol. The Kier molecular flexibility index (Phi) is 5.58. The van der Waals surface area contributed by atoms with Gasteiger partial charge >= 0.3 is 0 Å². The highest BCUT2D eigenvalue weighted by molar-refractivity contribution is 6.36. The van der Waals surface area contributed by atoms with Crippen LogP contribution in [0.1, 0.15) is 21.8 Å². The molecule has 0 aliphatic heterocycles. The van der Waals surface area contributed by atoms with Crippen molar-refractivity contribution in [3.63, 3.8) is 0 Å². The lowest BCUT2D eigenvalue weighted by Crippen LogP contribution is -2.04. The first-order valence-corrected chi connectivity index (χ1v) is 10.7. The van der Waals surface area contributed by atoms with E-state index in [0.29, 0.717) is 34.1 Å². The Hall–Kier alpha value is -3.68. The fraction of sp³-hybridized carbons (Fsp3) is 0.0833. The van der Waals surface area contributed by atoms with E-state index >= 15 is 0 Å². The normalized spacial score (nSPS) is 11.1. The van der Waals surface area contributed by atoms with Crippen molar-refractivity contribution in [3.05, 3.63) is 94.2 Å². The SMILES string of the molecule is COc1ccc2c(c1)c(C(=O)c1nc(-c3ccncc3)no1)c(Cl)n2Cc1ccc(Cl)cc1. The molecule has 0 aliphatic carbocycles. The number of pyridine rings is 1. The first kappa shape index (κ1) is 21.2. The standard InChI is InChI=1S/C24H16Cl2N4O3/c1-32-17-6-7-19-18(12-17)20(22(26)30(19)13-14-2-4-16(25)5-3-14)21(31)24-28-23(29-33-24)15-8-10-27-11-9-15/h2-12H,13H2,1H3. The van der Waals surface area contributed by atoms with Crippen molar-refractivity contribution in [1.29, 1.82) is 0 Å². The third-order valence-corrected chi connectivity index (χ3v) is 5.89. The van der Waals surface area contributed by atoms with E-state index in [9.17, 15) is 4.79 Å². The van der Waals surface area contributed by atoms with E-state index in [1.807, 2.05) is 41.0 Å². The molecule has 3 aromatic heterocycles. The van der Waals surface area contributed by atoms with E-state index < -0.39 is 5.78 Å². The number of fused-ring (bicyclic) bond motifs is 1. The van der Waals surface area contributed by atoms with Crippen LogP contribution < -0.4 is 4.74 Å². The molecular weight excluding hydrogens is 463 g/mol. The van der Waals surface area contributed by atoms with Crippen molar-refractivity contribution < 1.29 is 14.1 Å². The second-order valence-electron chi connectivity index (χ2n) is 7.25. The van der Waals surface area contributed by atoms with Gasteiger partial charge in [-0.3, -0.25) is 9.78 Å². The van der Waals surface area contributed by atoms with E-state index in [2.05, 4.69) is 15.1 Å². The number of carbonyl (C=O) groups is 1. The molecule has 0 spiro atoms. The number of ketones is 1. The molecule has 7 nitrogen and oxygen atoms in total. The molecule has 164 valence electrons. The molecular formula is C24H16Cl2N4O3. The van der Waals surface area contributed by atoms with Gasteiger partial charge in [-0.1, -0.05) is 40.5 Å². The highest BCUT2D eigenvalue weighted by Crippen LogP contribution is 2.35. The van der Waals surface area contributed by atoms with Crippen molar-refractivity contribution in [1.82, 2.24) is 19.7 Å². The number of nitrogens with zero attached hydrogens (tertiary/aromatic N) is 4. The highest BCUT2D eigenvalue weighted by Gasteiger charge is 2.27. The summed E-state index contributed by atoms with van der Waals surface area (Å²) in [4.78, 5) is 21.7. The van der Waals surface area contributed by atoms with Crippen LogP contribution in [0.25, 0.3) is 22.3 Å². The Morgan fingerprint density at radius 2 is 1.82 bits per heavy atom. The summed E-state index contributed by atoms with van der Waals surface area (Å²) in [5.41, 5.74) is 2.70. The molecule has 0 aliphatic rings. The zero-order chi connectivity index (χ0) is 22.9. The number of ether oxygens (including phenoxy) is 1. The maximum absolute atomic E-state index is 13.5. The summed E-state index contributed by atoms with van der Waals surface area (Å²) in [5, 5.41) is 5.47. The van der Waals surface area contributed by atoms with Crippen molar-refractivity contribution in [2.45, 2.75) is 6.54 Å². The van der Waals surface area contributed by atoms with Crippen LogP contribution in [0, 0.1) is 0 Å². The minimum atomic E-state index is -0.471. The maximum Gasteiger partial charge on any atom is 0.299 e. The lowest BCUT2D eigenvalue weighted by molar-refractivity contribution is 0.0995. The predicted octanol–water partition coefficient (Wildman–Crippen LogP) is 5.68. The predicted molar refractivity (Wildman–Crippen MR) is 125 cm³/mol. The zero-order valence-electron chi connectivity index (χ0n) is 17.3. The molecule has 0 unspecified atom stereocenters. The number of benzene rings is 2. The van der Waals surface area contributed by atoms with Gasteiger partial charge in [-0.15, -0.1) is 0 Å². The lowest BCUT2D eigenvalue weighted by atomic mass is 10.1. The third-order valence-electron chi connectivity index (χ3n) is 5.25. The van der Waals surface area contributed by atoms with Gasteiger partial charge < -0.3 is 13.8 Å². The van der Waals surface area contributed by atoms with Crippen LogP contribution in [-0.2, 0) is 6.54 Å². The van der Waals surface area contributed by atoms with Gasteiger partial charge in [0.15, 0.2) is 0 Å². The molecule has 0 bridgehead atoms. The molecule has 2 aromatic carbocycles. The fourth-order valence-electron chi connectivity index (χ4n) is 3.61. The minimum absolute atomic E-state index is 0.155. The van der Waals surface area contributed by atoms with Crippen LogP contribution in [0.2, 0.25) is 10.2 Å². The lowest BCUT2D eigenvalue weighted by Gasteiger charge is -2.08. The first-order valence-electron chi connectivity index (χ1n) is 9.94. The molecule has 0 saturated carbocycles. The number of hydrogen-bond donors (Lipinski definition) is 0. The van der Waals surface area contributed by atoms with E-state index in [-0.39, 0.29) is 16.6 Å². The van der Waals surface area contributed by atoms with Gasteiger partial charge in [0.1, 0.15) is 10.9 Å². The molecule has 33 heavy (non-hydrogen) atoms. The van der Waals surface area contributed by atoms with E-state index in [4.69, 9.17) is 32.5 Å². The number of hydrogen-bond acceptors (Lipinski definition) is 6. The van der Waals surface area contributed by atoms with Crippen molar-refractivity contribution in [2.75, 3.05) is 7.11 Å². The molecule has 5 rings (SSSR count). The molecule has 0 radical (unpaired) electrons. The van der Waals surface area contributed by atoms with Crippen molar-refractivity contribution >= 4 is 39.9 Å². The molecule has 5 aromatic rings. The number of rotatable bonds is 6. The van der Waals surface area contributed by atoms with Gasteiger partial charge in [0.2, 0.25) is 5.82 Å². The minimum Gasteiger partial charge on any atom is -0.497 e. The monoisotopic (exact) mass is 478 g/mol. The molecule has 9 heteroatoms. The van der Waals surface area contributed by atoms with Crippen LogP contribution in [0.4, 0.5) is 0 Å². The number of aromatic nitrogens is 4. The third kappa shape index (κ3) is 3.97. The topological polar surface area (TPSA) is 83.0 Å². The molecule has 3 heterocycles. The summed E-state index contributed by atoms with van der Waals surface area (Å²) in [7, 11) is 1.56. The quantitative estimate of drug-likeness (QED) is 0.292. The largest absolute Gasteiger partial charge is 0.497 e. The van der Waals surface area contributed by atoms with Gasteiger partial charge in [-0.05, 0) is 48.0 Å². The Balaban J connectivity index is 1.61. The number of halogens is 2. The molecule has 0 fully saturated rings. The van der Waals surface area contributed by atoms with Gasteiger partial charge in [0.25, 0.3) is 11.7 Å². The summed E-state index contributed by atoms with van der Waals surface area (Å²) in [6, 6.07) is 16.4. The van der Waals surface area contributed by atoms with Crippen LogP contribution >= 0.6 is 23.2 Å². The van der Waals surface area contributed by atoms with Crippen LogP contribution in [0.5, 0.6) is 5.75 Å². The van der Waals surface area contributed by atoms with Gasteiger partial charge in [0.05, 0.1) is 18.2 Å². The second kappa shape index (κ2) is 8.69. The summed E-state index contributed by atoms with van der Waals surface area (Å²) < 4.78 is 12.5. The van der Waals surface area contributed by atoms with Crippen molar-refractivity contribution in [3.8, 4) is 17.1 Å².